The lowest BCUT2D eigenvalue weighted by Crippen LogP contribution is -2.43. The van der Waals surface area contributed by atoms with Crippen LogP contribution in [0, 0.1) is 24.7 Å². The highest BCUT2D eigenvalue weighted by atomic mass is 32.2. The van der Waals surface area contributed by atoms with E-state index in [9.17, 15) is 13.2 Å². The lowest BCUT2D eigenvalue weighted by atomic mass is 9.83. The smallest absolute Gasteiger partial charge is 0.303 e. The first kappa shape index (κ1) is 20.1. The monoisotopic (exact) mass is 391 g/mol. The summed E-state index contributed by atoms with van der Waals surface area (Å²) >= 11 is 0. The maximum absolute atomic E-state index is 12.8. The van der Waals surface area contributed by atoms with Gasteiger partial charge in [0, 0.05) is 12.5 Å². The van der Waals surface area contributed by atoms with Crippen molar-refractivity contribution in [1.29, 1.82) is 0 Å². The molecule has 6 heteroatoms. The molecule has 4 atom stereocenters. The number of carboxylic acids is 1. The van der Waals surface area contributed by atoms with Gasteiger partial charge in [0.2, 0.25) is 10.0 Å². The number of hydrogen-bond acceptors (Lipinski definition) is 3. The summed E-state index contributed by atoms with van der Waals surface area (Å²) in [4.78, 5) is 10.9. The topological polar surface area (TPSA) is 83.5 Å². The van der Waals surface area contributed by atoms with Crippen LogP contribution in [0.4, 0.5) is 0 Å². The second-order valence-corrected chi connectivity index (χ2v) is 9.66. The number of allylic oxidation sites excluding steroid dienone is 2. The number of sulfonamides is 1. The van der Waals surface area contributed by atoms with E-state index in [-0.39, 0.29) is 12.5 Å². The highest BCUT2D eigenvalue weighted by molar-refractivity contribution is 7.89. The molecule has 1 aromatic carbocycles. The Kier molecular flexibility index (Phi) is 6.37. The number of rotatable bonds is 9. The molecule has 0 aliphatic heterocycles. The number of carbonyl (C=O) groups is 1. The van der Waals surface area contributed by atoms with Gasteiger partial charge in [-0.2, -0.15) is 0 Å². The molecule has 0 unspecified atom stereocenters. The minimum atomic E-state index is -3.50. The van der Waals surface area contributed by atoms with E-state index in [1.807, 2.05) is 25.1 Å². The van der Waals surface area contributed by atoms with Gasteiger partial charge in [0.25, 0.3) is 0 Å². The number of carboxylic acid groups (broad SMARTS) is 1. The summed E-state index contributed by atoms with van der Waals surface area (Å²) in [5, 5.41) is 8.68. The molecule has 0 amide bonds. The van der Waals surface area contributed by atoms with Gasteiger partial charge < -0.3 is 5.11 Å². The summed E-state index contributed by atoms with van der Waals surface area (Å²) < 4.78 is 28.6. The van der Waals surface area contributed by atoms with Gasteiger partial charge in [-0.25, -0.2) is 13.1 Å². The molecule has 148 valence electrons. The Morgan fingerprint density at radius 2 is 1.89 bits per heavy atom. The Hall–Kier alpha value is -1.66. The summed E-state index contributed by atoms with van der Waals surface area (Å²) in [6.45, 7) is 1.94. The molecule has 2 saturated carbocycles. The van der Waals surface area contributed by atoms with Crippen molar-refractivity contribution < 1.29 is 18.3 Å². The average Bonchev–Trinajstić information content (AvgIpc) is 3.20. The lowest BCUT2D eigenvalue weighted by molar-refractivity contribution is -0.137. The molecular formula is C21H29NO4S. The summed E-state index contributed by atoms with van der Waals surface area (Å²) in [5.74, 6) is 0.590. The number of unbranched alkanes of at least 4 members (excludes halogenated alkanes) is 1. The maximum Gasteiger partial charge on any atom is 0.303 e. The third kappa shape index (κ3) is 4.99. The minimum absolute atomic E-state index is 0.00118. The van der Waals surface area contributed by atoms with Gasteiger partial charge in [0.15, 0.2) is 0 Å². The zero-order valence-electron chi connectivity index (χ0n) is 15.8. The molecule has 2 fully saturated rings. The van der Waals surface area contributed by atoms with Crippen molar-refractivity contribution in [2.45, 2.75) is 62.8 Å². The summed E-state index contributed by atoms with van der Waals surface area (Å²) in [6, 6.07) is 6.99. The summed E-state index contributed by atoms with van der Waals surface area (Å²) in [5.41, 5.74) is 1.04. The molecule has 2 N–H and O–H groups in total. The van der Waals surface area contributed by atoms with E-state index in [0.717, 1.165) is 31.2 Å². The van der Waals surface area contributed by atoms with E-state index in [4.69, 9.17) is 5.11 Å². The Labute approximate surface area is 161 Å². The highest BCUT2D eigenvalue weighted by Gasteiger charge is 2.48. The molecular weight excluding hydrogens is 362 g/mol. The van der Waals surface area contributed by atoms with E-state index in [0.29, 0.717) is 29.1 Å². The van der Waals surface area contributed by atoms with Crippen LogP contribution in [0.1, 0.15) is 50.5 Å². The van der Waals surface area contributed by atoms with E-state index in [1.165, 1.54) is 6.42 Å². The van der Waals surface area contributed by atoms with Crippen molar-refractivity contribution >= 4 is 16.0 Å². The largest absolute Gasteiger partial charge is 0.481 e. The number of benzene rings is 1. The molecule has 0 heterocycles. The zero-order valence-corrected chi connectivity index (χ0v) is 16.6. The van der Waals surface area contributed by atoms with Crippen molar-refractivity contribution in [3.05, 3.63) is 42.0 Å². The van der Waals surface area contributed by atoms with Gasteiger partial charge in [-0.05, 0) is 75.3 Å². The zero-order chi connectivity index (χ0) is 19.4. The van der Waals surface area contributed by atoms with Gasteiger partial charge in [-0.15, -0.1) is 0 Å². The molecule has 2 aliphatic carbocycles. The molecule has 2 aliphatic rings. The van der Waals surface area contributed by atoms with Crippen molar-refractivity contribution in [3.8, 4) is 0 Å². The molecule has 5 nitrogen and oxygen atoms in total. The van der Waals surface area contributed by atoms with Crippen molar-refractivity contribution in [2.24, 2.45) is 17.8 Å². The van der Waals surface area contributed by atoms with Gasteiger partial charge in [0.1, 0.15) is 0 Å². The van der Waals surface area contributed by atoms with E-state index in [1.54, 1.807) is 12.1 Å². The fourth-order valence-corrected chi connectivity index (χ4v) is 6.00. The van der Waals surface area contributed by atoms with Crippen molar-refractivity contribution in [2.75, 3.05) is 0 Å². The quantitative estimate of drug-likeness (QED) is 0.494. The highest BCUT2D eigenvalue weighted by Crippen LogP contribution is 2.50. The molecule has 0 saturated heterocycles. The molecule has 27 heavy (non-hydrogen) atoms. The fraction of sp³-hybridized carbons (Fsp3) is 0.571. The minimum Gasteiger partial charge on any atom is -0.481 e. The molecule has 2 bridgehead atoms. The third-order valence-corrected chi connectivity index (χ3v) is 7.52. The normalized spacial score (nSPS) is 27.4. The molecule has 0 radical (unpaired) electrons. The van der Waals surface area contributed by atoms with E-state index < -0.39 is 16.0 Å². The van der Waals surface area contributed by atoms with Crippen LogP contribution in [0.5, 0.6) is 0 Å². The third-order valence-electron chi connectivity index (χ3n) is 6.05. The van der Waals surface area contributed by atoms with Crippen LogP contribution in [0.25, 0.3) is 0 Å². The Morgan fingerprint density at radius 1 is 1.19 bits per heavy atom. The maximum atomic E-state index is 12.8. The Morgan fingerprint density at radius 3 is 2.59 bits per heavy atom. The van der Waals surface area contributed by atoms with Crippen LogP contribution < -0.4 is 4.72 Å². The SMILES string of the molecule is Cc1ccc(S(=O)(=O)N[C@H]2[C@H]3CC[C@H](C3)[C@@H]2CC=CCCCC(=O)O)cc1. The fourth-order valence-electron chi connectivity index (χ4n) is 4.64. The van der Waals surface area contributed by atoms with E-state index in [2.05, 4.69) is 10.8 Å². The molecule has 0 spiro atoms. The van der Waals surface area contributed by atoms with Crippen LogP contribution in [-0.4, -0.2) is 25.5 Å². The van der Waals surface area contributed by atoms with Gasteiger partial charge in [0.05, 0.1) is 4.90 Å². The second-order valence-electron chi connectivity index (χ2n) is 7.95. The number of hydrogen-bond donors (Lipinski definition) is 2. The van der Waals surface area contributed by atoms with Crippen molar-refractivity contribution in [1.82, 2.24) is 4.72 Å². The van der Waals surface area contributed by atoms with Crippen molar-refractivity contribution in [3.63, 3.8) is 0 Å². The first-order valence-electron chi connectivity index (χ1n) is 9.82. The predicted octanol–water partition coefficient (Wildman–Crippen LogP) is 3.89. The van der Waals surface area contributed by atoms with Gasteiger partial charge in [-0.3, -0.25) is 4.79 Å². The van der Waals surface area contributed by atoms with Crippen LogP contribution in [0.3, 0.4) is 0 Å². The Bertz CT molecular complexity index is 785. The van der Waals surface area contributed by atoms with Crippen LogP contribution in [0.2, 0.25) is 0 Å². The number of fused-ring (bicyclic) bond motifs is 2. The second kappa shape index (κ2) is 8.57. The Balaban J connectivity index is 1.62. The standard InChI is InChI=1S/C21H29NO4S/c1-15-8-12-18(13-9-15)27(25,26)22-21-17-11-10-16(14-17)19(21)6-4-2-3-5-7-20(23)24/h2,4,8-9,12-13,16-17,19,21-22H,3,5-7,10-11,14H2,1H3,(H,23,24)/t16-,17+,19+,21+/m1/s1. The first-order chi connectivity index (χ1) is 12.9. The van der Waals surface area contributed by atoms with Crippen LogP contribution >= 0.6 is 0 Å². The van der Waals surface area contributed by atoms with Gasteiger partial charge >= 0.3 is 5.97 Å². The van der Waals surface area contributed by atoms with Crippen LogP contribution in [-0.2, 0) is 14.8 Å². The average molecular weight is 392 g/mol. The molecule has 3 rings (SSSR count). The molecule has 1 aromatic rings. The first-order valence-corrected chi connectivity index (χ1v) is 11.3. The lowest BCUT2D eigenvalue weighted by Gasteiger charge is -2.31. The number of nitrogens with one attached hydrogen (secondary N) is 1. The summed E-state index contributed by atoms with van der Waals surface area (Å²) in [6.07, 6.45) is 10.0. The number of aliphatic carboxylic acids is 1. The van der Waals surface area contributed by atoms with Crippen LogP contribution in [0.15, 0.2) is 41.3 Å². The summed E-state index contributed by atoms with van der Waals surface area (Å²) in [7, 11) is -3.50. The van der Waals surface area contributed by atoms with Gasteiger partial charge in [-0.1, -0.05) is 29.8 Å². The number of aryl methyl sites for hydroxylation is 1. The van der Waals surface area contributed by atoms with E-state index >= 15 is 0 Å². The molecule has 0 aromatic heterocycles. The predicted molar refractivity (Wildman–Crippen MR) is 105 cm³/mol.